The molecule has 4 nitrogen and oxygen atoms in total. The van der Waals surface area contributed by atoms with Crippen LogP contribution in [0.3, 0.4) is 0 Å². The van der Waals surface area contributed by atoms with Crippen LogP contribution in [0.15, 0.2) is 158 Å². The molecule has 234 valence electrons. The number of imidazole rings is 2. The van der Waals surface area contributed by atoms with Crippen molar-refractivity contribution in [2.75, 3.05) is 0 Å². The van der Waals surface area contributed by atoms with Gasteiger partial charge in [-0.2, -0.15) is 0 Å². The number of hydrogen-bond donors (Lipinski definition) is 0. The smallest absolute Gasteiger partial charge is 0.226 e. The predicted octanol–water partition coefficient (Wildman–Crippen LogP) is 8.65. The molecule has 8 rings (SSSR count). The van der Waals surface area contributed by atoms with Gasteiger partial charge in [-0.05, 0) is 71.5 Å². The molecule has 2 heterocycles. The minimum Gasteiger partial charge on any atom is -0.226 e. The Hall–Kier alpha value is -5.74. The second-order valence-corrected chi connectivity index (χ2v) is 12.9. The fourth-order valence-electron chi connectivity index (χ4n) is 7.35. The SMILES string of the molecule is Cc1cccc(Cn2c[n+](Cc3ccccc3)c3ccccc32)c1-c1c(C)cccc1Cn1c[n+](Cc2ccccc2)c2ccccc21. The normalized spacial score (nSPS) is 11.5. The van der Waals surface area contributed by atoms with Crippen LogP contribution < -0.4 is 9.13 Å². The summed E-state index contributed by atoms with van der Waals surface area (Å²) >= 11 is 0. The van der Waals surface area contributed by atoms with Gasteiger partial charge in [-0.3, -0.25) is 0 Å². The molecule has 0 saturated carbocycles. The molecule has 0 amide bonds. The maximum atomic E-state index is 2.42. The van der Waals surface area contributed by atoms with Crippen LogP contribution in [0.2, 0.25) is 0 Å². The topological polar surface area (TPSA) is 17.6 Å². The minimum absolute atomic E-state index is 0.788. The van der Waals surface area contributed by atoms with Crippen molar-refractivity contribution >= 4 is 22.1 Å². The molecule has 0 atom stereocenters. The van der Waals surface area contributed by atoms with Gasteiger partial charge in [0.1, 0.15) is 26.2 Å². The second-order valence-electron chi connectivity index (χ2n) is 12.9. The van der Waals surface area contributed by atoms with Crippen molar-refractivity contribution in [2.45, 2.75) is 40.0 Å². The summed E-state index contributed by atoms with van der Waals surface area (Å²) in [6.07, 6.45) is 4.58. The molecular weight excluding hydrogens is 585 g/mol. The van der Waals surface area contributed by atoms with E-state index in [1.807, 2.05) is 0 Å². The Kier molecular flexibility index (Phi) is 7.91. The van der Waals surface area contributed by atoms with E-state index < -0.39 is 0 Å². The standard InChI is InChI=1S/C44H40N4/c1-33-15-13-21-37(29-47-31-45(27-35-17-5-3-6-18-35)39-23-9-11-25-41(39)47)43(33)44-34(2)16-14-22-38(44)30-48-32-46(28-36-19-7-4-8-20-36)40-24-10-12-26-42(40)48/h3-26,31-32H,27-30H2,1-2H3/q+2. The molecular formula is C44H40N4+2. The lowest BCUT2D eigenvalue weighted by Crippen LogP contribution is -2.32. The molecule has 2 aromatic heterocycles. The number of hydrogen-bond acceptors (Lipinski definition) is 0. The van der Waals surface area contributed by atoms with Crippen LogP contribution in [0.1, 0.15) is 33.4 Å². The number of fused-ring (bicyclic) bond motifs is 2. The summed E-state index contributed by atoms with van der Waals surface area (Å²) in [7, 11) is 0. The molecule has 0 unspecified atom stereocenters. The fourth-order valence-corrected chi connectivity index (χ4v) is 7.35. The third kappa shape index (κ3) is 5.71. The van der Waals surface area contributed by atoms with E-state index in [4.69, 9.17) is 0 Å². The summed E-state index contributed by atoms with van der Waals surface area (Å²) in [5, 5.41) is 0. The zero-order chi connectivity index (χ0) is 32.5. The molecule has 4 heteroatoms. The van der Waals surface area contributed by atoms with Crippen molar-refractivity contribution in [3.8, 4) is 11.1 Å². The number of rotatable bonds is 9. The first-order valence-corrected chi connectivity index (χ1v) is 16.8. The van der Waals surface area contributed by atoms with Gasteiger partial charge in [-0.1, -0.05) is 121 Å². The number of para-hydroxylation sites is 4. The van der Waals surface area contributed by atoms with Gasteiger partial charge in [-0.15, -0.1) is 0 Å². The highest BCUT2D eigenvalue weighted by Crippen LogP contribution is 2.35. The molecule has 8 aromatic rings. The van der Waals surface area contributed by atoms with Crippen molar-refractivity contribution in [2.24, 2.45) is 0 Å². The van der Waals surface area contributed by atoms with Crippen LogP contribution in [0, 0.1) is 13.8 Å². The molecule has 0 saturated heterocycles. The summed E-state index contributed by atoms with van der Waals surface area (Å²) in [6.45, 7) is 7.78. The van der Waals surface area contributed by atoms with Crippen molar-refractivity contribution in [1.29, 1.82) is 0 Å². The zero-order valence-electron chi connectivity index (χ0n) is 27.6. The van der Waals surface area contributed by atoms with Gasteiger partial charge in [0.25, 0.3) is 0 Å². The lowest BCUT2D eigenvalue weighted by atomic mass is 9.88. The van der Waals surface area contributed by atoms with E-state index in [1.54, 1.807) is 0 Å². The van der Waals surface area contributed by atoms with Crippen LogP contribution in [-0.4, -0.2) is 9.13 Å². The highest BCUT2D eigenvalue weighted by molar-refractivity contribution is 5.78. The number of aryl methyl sites for hydroxylation is 2. The van der Waals surface area contributed by atoms with Crippen molar-refractivity contribution in [3.05, 3.63) is 192 Å². The van der Waals surface area contributed by atoms with Gasteiger partial charge in [0.15, 0.2) is 22.1 Å². The third-order valence-corrected chi connectivity index (χ3v) is 9.60. The molecule has 0 N–H and O–H groups in total. The highest BCUT2D eigenvalue weighted by Gasteiger charge is 2.22. The Morgan fingerprint density at radius 3 is 1.25 bits per heavy atom. The molecule has 0 bridgehead atoms. The summed E-state index contributed by atoms with van der Waals surface area (Å²) in [5.41, 5.74) is 15.5. The first kappa shape index (κ1) is 29.6. The molecule has 48 heavy (non-hydrogen) atoms. The lowest BCUT2D eigenvalue weighted by Gasteiger charge is -2.18. The monoisotopic (exact) mass is 624 g/mol. The quantitative estimate of drug-likeness (QED) is 0.143. The first-order valence-electron chi connectivity index (χ1n) is 16.8. The summed E-state index contributed by atoms with van der Waals surface area (Å²) in [6, 6.07) is 52.5. The van der Waals surface area contributed by atoms with E-state index >= 15 is 0 Å². The zero-order valence-corrected chi connectivity index (χ0v) is 27.6. The van der Waals surface area contributed by atoms with Gasteiger partial charge >= 0.3 is 0 Å². The molecule has 0 aliphatic carbocycles. The van der Waals surface area contributed by atoms with Crippen molar-refractivity contribution in [1.82, 2.24) is 9.13 Å². The predicted molar refractivity (Wildman–Crippen MR) is 195 cm³/mol. The maximum absolute atomic E-state index is 2.42. The van der Waals surface area contributed by atoms with Crippen molar-refractivity contribution in [3.63, 3.8) is 0 Å². The molecule has 0 aliphatic heterocycles. The number of benzene rings is 6. The Bertz CT molecular complexity index is 2190. The Morgan fingerprint density at radius 2 is 0.812 bits per heavy atom. The molecule has 0 spiro atoms. The van der Waals surface area contributed by atoms with Crippen LogP contribution >= 0.6 is 0 Å². The Morgan fingerprint density at radius 1 is 0.417 bits per heavy atom. The molecule has 0 aliphatic rings. The van der Waals surface area contributed by atoms with Gasteiger partial charge < -0.3 is 0 Å². The van der Waals surface area contributed by atoms with Crippen molar-refractivity contribution < 1.29 is 9.13 Å². The van der Waals surface area contributed by atoms with Gasteiger partial charge in [0, 0.05) is 11.1 Å². The Labute approximate surface area is 282 Å². The van der Waals surface area contributed by atoms with Gasteiger partial charge in [0.05, 0.1) is 0 Å². The number of nitrogens with zero attached hydrogens (tertiary/aromatic N) is 4. The molecule has 6 aromatic carbocycles. The lowest BCUT2D eigenvalue weighted by molar-refractivity contribution is -0.663. The van der Waals surface area contributed by atoms with E-state index in [-0.39, 0.29) is 0 Å². The van der Waals surface area contributed by atoms with E-state index in [9.17, 15) is 0 Å². The fraction of sp³-hybridized carbons (Fsp3) is 0.136. The highest BCUT2D eigenvalue weighted by atomic mass is 15.1. The van der Waals surface area contributed by atoms with E-state index in [1.165, 1.54) is 66.6 Å². The first-order chi connectivity index (χ1) is 23.6. The summed E-state index contributed by atoms with van der Waals surface area (Å²) in [4.78, 5) is 0. The third-order valence-electron chi connectivity index (χ3n) is 9.60. The molecule has 0 fully saturated rings. The van der Waals surface area contributed by atoms with Crippen LogP contribution in [0.4, 0.5) is 0 Å². The van der Waals surface area contributed by atoms with Gasteiger partial charge in [-0.25, -0.2) is 18.3 Å². The van der Waals surface area contributed by atoms with E-state index in [0.717, 1.165) is 26.2 Å². The van der Waals surface area contributed by atoms with Crippen LogP contribution in [-0.2, 0) is 26.2 Å². The van der Waals surface area contributed by atoms with Crippen LogP contribution in [0.5, 0.6) is 0 Å². The van der Waals surface area contributed by atoms with Crippen LogP contribution in [0.25, 0.3) is 33.2 Å². The van der Waals surface area contributed by atoms with Gasteiger partial charge in [0.2, 0.25) is 12.7 Å². The second kappa shape index (κ2) is 12.8. The largest absolute Gasteiger partial charge is 0.245 e. The Balaban J connectivity index is 1.19. The summed E-state index contributed by atoms with van der Waals surface area (Å²) < 4.78 is 9.59. The summed E-state index contributed by atoms with van der Waals surface area (Å²) in [5.74, 6) is 0. The average Bonchev–Trinajstić information content (AvgIpc) is 3.63. The molecule has 0 radical (unpaired) electrons. The average molecular weight is 625 g/mol. The maximum Gasteiger partial charge on any atom is 0.245 e. The minimum atomic E-state index is 0.788. The van der Waals surface area contributed by atoms with E-state index in [0.29, 0.717) is 0 Å². The number of aromatic nitrogens is 4. The van der Waals surface area contributed by atoms with E-state index in [2.05, 4.69) is 190 Å².